The van der Waals surface area contributed by atoms with E-state index in [1.165, 1.54) is 4.90 Å². The van der Waals surface area contributed by atoms with Crippen molar-refractivity contribution >= 4 is 23.7 Å². The molecule has 2 atom stereocenters. The number of imide groups is 1. The lowest BCUT2D eigenvalue weighted by Gasteiger charge is -2.42. The van der Waals surface area contributed by atoms with Gasteiger partial charge in [-0.05, 0) is 56.6 Å². The molecule has 8 nitrogen and oxygen atoms in total. The SMILES string of the molecule is Cc1cccc(NC(=O)C2CCN(CN3C(=O)NC4(C3=O)[C@@H](C)CCC[C@@H]4C)CC2)n1. The lowest BCUT2D eigenvalue weighted by Crippen LogP contribution is -2.59. The third-order valence-electron chi connectivity index (χ3n) is 7.43. The third-order valence-corrected chi connectivity index (χ3v) is 7.43. The molecule has 1 spiro atoms. The first kappa shape index (κ1) is 21.7. The van der Waals surface area contributed by atoms with Crippen LogP contribution in [0.2, 0.25) is 0 Å². The molecule has 3 heterocycles. The number of carbonyl (C=O) groups excluding carboxylic acids is 3. The van der Waals surface area contributed by atoms with Crippen LogP contribution >= 0.6 is 0 Å². The average Bonchev–Trinajstić information content (AvgIpc) is 2.98. The second-order valence-corrected chi connectivity index (χ2v) is 9.45. The molecule has 4 rings (SSSR count). The van der Waals surface area contributed by atoms with Gasteiger partial charge in [0.05, 0.1) is 6.67 Å². The van der Waals surface area contributed by atoms with Crippen molar-refractivity contribution in [3.05, 3.63) is 23.9 Å². The Morgan fingerprint density at radius 3 is 2.48 bits per heavy atom. The summed E-state index contributed by atoms with van der Waals surface area (Å²) >= 11 is 0. The minimum atomic E-state index is -0.756. The number of hydrogen-bond acceptors (Lipinski definition) is 5. The van der Waals surface area contributed by atoms with Gasteiger partial charge in [-0.1, -0.05) is 26.3 Å². The van der Waals surface area contributed by atoms with E-state index in [0.717, 1.165) is 25.0 Å². The molecule has 168 valence electrons. The highest BCUT2D eigenvalue weighted by Crippen LogP contribution is 2.42. The summed E-state index contributed by atoms with van der Waals surface area (Å²) in [4.78, 5) is 46.5. The van der Waals surface area contributed by atoms with Gasteiger partial charge in [0.2, 0.25) is 5.91 Å². The van der Waals surface area contributed by atoms with Crippen LogP contribution in [-0.2, 0) is 9.59 Å². The summed E-state index contributed by atoms with van der Waals surface area (Å²) in [6.45, 7) is 7.68. The van der Waals surface area contributed by atoms with Crippen molar-refractivity contribution < 1.29 is 14.4 Å². The van der Waals surface area contributed by atoms with E-state index in [4.69, 9.17) is 0 Å². The summed E-state index contributed by atoms with van der Waals surface area (Å²) < 4.78 is 0. The number of aromatic nitrogens is 1. The number of nitrogens with one attached hydrogen (secondary N) is 2. The Morgan fingerprint density at radius 2 is 1.84 bits per heavy atom. The zero-order chi connectivity index (χ0) is 22.2. The number of likely N-dealkylation sites (tertiary alicyclic amines) is 1. The molecule has 3 fully saturated rings. The maximum Gasteiger partial charge on any atom is 0.326 e. The maximum atomic E-state index is 13.3. The Bertz CT molecular complexity index is 855. The van der Waals surface area contributed by atoms with Crippen molar-refractivity contribution in [1.82, 2.24) is 20.1 Å². The number of anilines is 1. The Hall–Kier alpha value is -2.48. The quantitative estimate of drug-likeness (QED) is 0.721. The summed E-state index contributed by atoms with van der Waals surface area (Å²) in [5.41, 5.74) is 0.106. The van der Waals surface area contributed by atoms with Gasteiger partial charge in [-0.15, -0.1) is 0 Å². The summed E-state index contributed by atoms with van der Waals surface area (Å²) in [7, 11) is 0. The molecular formula is C23H33N5O3. The molecule has 2 aliphatic heterocycles. The van der Waals surface area contributed by atoms with Crippen LogP contribution in [0.25, 0.3) is 0 Å². The van der Waals surface area contributed by atoms with Gasteiger partial charge in [0.1, 0.15) is 11.4 Å². The summed E-state index contributed by atoms with van der Waals surface area (Å²) in [6, 6.07) is 5.28. The molecular weight excluding hydrogens is 394 g/mol. The Balaban J connectivity index is 1.33. The molecule has 1 saturated carbocycles. The van der Waals surface area contributed by atoms with Crippen molar-refractivity contribution in [3.63, 3.8) is 0 Å². The van der Waals surface area contributed by atoms with Crippen LogP contribution in [0.3, 0.4) is 0 Å². The van der Waals surface area contributed by atoms with Crippen LogP contribution in [0.5, 0.6) is 0 Å². The zero-order valence-corrected chi connectivity index (χ0v) is 18.7. The number of carbonyl (C=O) groups is 3. The summed E-state index contributed by atoms with van der Waals surface area (Å²) in [5.74, 6) is 0.669. The number of urea groups is 1. The first-order chi connectivity index (χ1) is 14.8. The normalized spacial score (nSPS) is 26.9. The molecule has 1 aliphatic carbocycles. The minimum Gasteiger partial charge on any atom is -0.323 e. The Kier molecular flexibility index (Phi) is 6.01. The third kappa shape index (κ3) is 4.05. The van der Waals surface area contributed by atoms with E-state index in [2.05, 4.69) is 34.4 Å². The van der Waals surface area contributed by atoms with Crippen molar-refractivity contribution in [3.8, 4) is 0 Å². The molecule has 0 bridgehead atoms. The van der Waals surface area contributed by atoms with Gasteiger partial charge in [-0.25, -0.2) is 14.7 Å². The van der Waals surface area contributed by atoms with E-state index in [1.807, 2.05) is 19.1 Å². The number of hydrogen-bond donors (Lipinski definition) is 2. The van der Waals surface area contributed by atoms with Crippen LogP contribution in [0.1, 0.15) is 51.6 Å². The average molecular weight is 428 g/mol. The van der Waals surface area contributed by atoms with Gasteiger partial charge in [0.15, 0.2) is 0 Å². The van der Waals surface area contributed by atoms with Crippen molar-refractivity contribution in [2.75, 3.05) is 25.1 Å². The molecule has 0 unspecified atom stereocenters. The molecule has 31 heavy (non-hydrogen) atoms. The second kappa shape index (κ2) is 8.57. The molecule has 1 aromatic rings. The highest BCUT2D eigenvalue weighted by atomic mass is 16.2. The van der Waals surface area contributed by atoms with E-state index >= 15 is 0 Å². The molecule has 2 N–H and O–H groups in total. The van der Waals surface area contributed by atoms with E-state index in [1.54, 1.807) is 6.07 Å². The lowest BCUT2D eigenvalue weighted by atomic mass is 9.67. The van der Waals surface area contributed by atoms with E-state index in [0.29, 0.717) is 38.4 Å². The van der Waals surface area contributed by atoms with Crippen LogP contribution in [0, 0.1) is 24.7 Å². The number of amides is 4. The molecule has 0 radical (unpaired) electrons. The monoisotopic (exact) mass is 427 g/mol. The highest BCUT2D eigenvalue weighted by Gasteiger charge is 2.58. The lowest BCUT2D eigenvalue weighted by molar-refractivity contribution is -0.138. The van der Waals surface area contributed by atoms with Gasteiger partial charge in [-0.2, -0.15) is 0 Å². The van der Waals surface area contributed by atoms with Crippen molar-refractivity contribution in [2.24, 2.45) is 17.8 Å². The number of aryl methyl sites for hydroxylation is 1. The Morgan fingerprint density at radius 1 is 1.16 bits per heavy atom. The van der Waals surface area contributed by atoms with Gasteiger partial charge >= 0.3 is 6.03 Å². The van der Waals surface area contributed by atoms with Gasteiger partial charge < -0.3 is 10.6 Å². The van der Waals surface area contributed by atoms with Crippen LogP contribution < -0.4 is 10.6 Å². The number of piperidine rings is 1. The van der Waals surface area contributed by atoms with Crippen molar-refractivity contribution in [1.29, 1.82) is 0 Å². The fourth-order valence-corrected chi connectivity index (χ4v) is 5.46. The molecule has 8 heteroatoms. The first-order valence-electron chi connectivity index (χ1n) is 11.4. The number of rotatable bonds is 4. The number of pyridine rings is 1. The highest BCUT2D eigenvalue weighted by molar-refractivity contribution is 6.07. The molecule has 2 saturated heterocycles. The largest absolute Gasteiger partial charge is 0.326 e. The van der Waals surface area contributed by atoms with E-state index in [9.17, 15) is 14.4 Å². The summed E-state index contributed by atoms with van der Waals surface area (Å²) in [5, 5.41) is 5.96. The second-order valence-electron chi connectivity index (χ2n) is 9.45. The van der Waals surface area contributed by atoms with Gasteiger partial charge in [0, 0.05) is 24.7 Å². The predicted octanol–water partition coefficient (Wildman–Crippen LogP) is 2.74. The minimum absolute atomic E-state index is 0.0171. The van der Waals surface area contributed by atoms with Crippen LogP contribution in [0.4, 0.5) is 10.6 Å². The molecule has 0 aromatic carbocycles. The number of nitrogens with zero attached hydrogens (tertiary/aromatic N) is 3. The standard InChI is InChI=1S/C23H33N5O3/c1-15-6-4-7-16(2)23(15)21(30)28(22(31)26-23)14-27-12-10-18(11-13-27)20(29)25-19-9-5-8-17(3)24-19/h5,8-9,15-16,18H,4,6-7,10-14H2,1-3H3,(H,26,31)(H,24,25,29)/t15-,16-/m0/s1. The molecule has 3 aliphatic rings. The van der Waals surface area contributed by atoms with E-state index < -0.39 is 5.54 Å². The zero-order valence-electron chi connectivity index (χ0n) is 18.7. The predicted molar refractivity (Wildman–Crippen MR) is 117 cm³/mol. The fraction of sp³-hybridized carbons (Fsp3) is 0.652. The molecule has 4 amide bonds. The molecule has 1 aromatic heterocycles. The maximum absolute atomic E-state index is 13.3. The fourth-order valence-electron chi connectivity index (χ4n) is 5.46. The van der Waals surface area contributed by atoms with E-state index in [-0.39, 0.29) is 35.6 Å². The summed E-state index contributed by atoms with van der Waals surface area (Å²) in [6.07, 6.45) is 4.40. The smallest absolute Gasteiger partial charge is 0.323 e. The van der Waals surface area contributed by atoms with Gasteiger partial charge in [-0.3, -0.25) is 14.5 Å². The Labute approximate surface area is 183 Å². The van der Waals surface area contributed by atoms with Gasteiger partial charge in [0.25, 0.3) is 5.91 Å². The van der Waals surface area contributed by atoms with Crippen LogP contribution in [0.15, 0.2) is 18.2 Å². The van der Waals surface area contributed by atoms with Crippen molar-refractivity contribution in [2.45, 2.75) is 58.4 Å². The topological polar surface area (TPSA) is 94.6 Å². The van der Waals surface area contributed by atoms with Crippen LogP contribution in [-0.4, -0.2) is 57.9 Å². The first-order valence-corrected chi connectivity index (χ1v) is 11.4.